The fourth-order valence-electron chi connectivity index (χ4n) is 4.08. The van der Waals surface area contributed by atoms with E-state index in [-0.39, 0.29) is 5.41 Å². The number of nitrogens with zero attached hydrogens (tertiary/aromatic N) is 2. The van der Waals surface area contributed by atoms with Gasteiger partial charge in [0.05, 0.1) is 5.56 Å². The zero-order valence-electron chi connectivity index (χ0n) is 16.4. The maximum atomic E-state index is 6.29. The van der Waals surface area contributed by atoms with E-state index in [1.54, 1.807) is 0 Å². The molecule has 0 radical (unpaired) electrons. The highest BCUT2D eigenvalue weighted by molar-refractivity contribution is 6.03. The molecule has 3 nitrogen and oxygen atoms in total. The summed E-state index contributed by atoms with van der Waals surface area (Å²) in [4.78, 5) is 4.93. The number of ether oxygens (including phenoxy) is 1. The summed E-state index contributed by atoms with van der Waals surface area (Å²) in [6.45, 7) is 8.84. The monoisotopic (exact) mass is 355 g/mol. The molecule has 134 valence electrons. The number of benzene rings is 3. The van der Waals surface area contributed by atoms with E-state index in [1.165, 1.54) is 27.5 Å². The Morgan fingerprint density at radius 3 is 2.59 bits per heavy atom. The summed E-state index contributed by atoms with van der Waals surface area (Å²) < 4.78 is 8.51. The van der Waals surface area contributed by atoms with Crippen molar-refractivity contribution in [3.05, 3.63) is 59.7 Å². The molecule has 0 fully saturated rings. The van der Waals surface area contributed by atoms with Crippen LogP contribution >= 0.6 is 0 Å². The summed E-state index contributed by atoms with van der Waals surface area (Å²) >= 11 is 0. The van der Waals surface area contributed by atoms with Crippen LogP contribution in [0.25, 0.3) is 33.1 Å². The first-order valence-electron chi connectivity index (χ1n) is 9.39. The van der Waals surface area contributed by atoms with E-state index in [2.05, 4.69) is 75.7 Å². The Labute approximate surface area is 159 Å². The van der Waals surface area contributed by atoms with Gasteiger partial charge >= 0.3 is 0 Å². The quantitative estimate of drug-likeness (QED) is 0.338. The first kappa shape index (κ1) is 16.2. The summed E-state index contributed by atoms with van der Waals surface area (Å²) in [5, 5.41) is 2.37. The van der Waals surface area contributed by atoms with Gasteiger partial charge in [-0.15, -0.1) is 0 Å². The van der Waals surface area contributed by atoms with Crippen LogP contribution in [0.4, 0.5) is 0 Å². The molecule has 0 amide bonds. The van der Waals surface area contributed by atoms with E-state index in [0.717, 1.165) is 22.5 Å². The average molecular weight is 355 g/mol. The van der Waals surface area contributed by atoms with Crippen molar-refractivity contribution in [2.24, 2.45) is 7.05 Å². The van der Waals surface area contributed by atoms with E-state index >= 15 is 0 Å². The van der Waals surface area contributed by atoms with Crippen molar-refractivity contribution in [3.8, 4) is 22.9 Å². The number of hydrogen-bond acceptors (Lipinski definition) is 2. The summed E-state index contributed by atoms with van der Waals surface area (Å²) in [7, 11) is 2.11. The molecule has 0 spiro atoms. The number of aryl methyl sites for hydroxylation is 2. The van der Waals surface area contributed by atoms with E-state index in [9.17, 15) is 0 Å². The molecule has 27 heavy (non-hydrogen) atoms. The summed E-state index contributed by atoms with van der Waals surface area (Å²) in [5.41, 5.74) is 6.95. The van der Waals surface area contributed by atoms with Gasteiger partial charge < -0.3 is 4.74 Å². The van der Waals surface area contributed by atoms with E-state index in [0.29, 0.717) is 5.88 Å². The molecule has 1 aliphatic heterocycles. The van der Waals surface area contributed by atoms with Crippen LogP contribution in [0.1, 0.15) is 31.9 Å². The summed E-state index contributed by atoms with van der Waals surface area (Å²) in [6.07, 6.45) is 0. The molecular formula is C24H23N2O+. The Hall–Kier alpha value is -2.94. The van der Waals surface area contributed by atoms with Crippen molar-refractivity contribution in [3.63, 3.8) is 0 Å². The van der Waals surface area contributed by atoms with Gasteiger partial charge in [0.1, 0.15) is 18.3 Å². The largest absolute Gasteiger partial charge is 0.433 e. The molecule has 0 saturated carbocycles. The lowest BCUT2D eigenvalue weighted by molar-refractivity contribution is -0.634. The Bertz CT molecular complexity index is 1250. The van der Waals surface area contributed by atoms with Crippen LogP contribution in [0.3, 0.4) is 0 Å². The van der Waals surface area contributed by atoms with Crippen molar-refractivity contribution < 1.29 is 9.30 Å². The Balaban J connectivity index is 1.89. The summed E-state index contributed by atoms with van der Waals surface area (Å²) in [5.74, 6) is 1.57. The first-order valence-corrected chi connectivity index (χ1v) is 9.39. The second kappa shape index (κ2) is 5.29. The number of hydrogen-bond donors (Lipinski definition) is 0. The van der Waals surface area contributed by atoms with Crippen LogP contribution in [0.5, 0.6) is 11.6 Å². The minimum Gasteiger partial charge on any atom is -0.433 e. The maximum absolute atomic E-state index is 6.29. The highest BCUT2D eigenvalue weighted by atomic mass is 16.5. The van der Waals surface area contributed by atoms with Crippen LogP contribution < -0.4 is 9.30 Å². The van der Waals surface area contributed by atoms with Crippen molar-refractivity contribution in [1.29, 1.82) is 0 Å². The molecule has 5 rings (SSSR count). The lowest BCUT2D eigenvalue weighted by Gasteiger charge is -2.21. The normalized spacial score (nSPS) is 12.9. The molecule has 0 unspecified atom stereocenters. The Kier molecular flexibility index (Phi) is 3.18. The van der Waals surface area contributed by atoms with Gasteiger partial charge in [0.15, 0.2) is 0 Å². The maximum Gasteiger partial charge on any atom is 0.294 e. The van der Waals surface area contributed by atoms with Gasteiger partial charge in [0.25, 0.3) is 11.6 Å². The Morgan fingerprint density at radius 1 is 1.00 bits per heavy atom. The minimum absolute atomic E-state index is 0.0833. The highest BCUT2D eigenvalue weighted by Gasteiger charge is 2.32. The van der Waals surface area contributed by atoms with Gasteiger partial charge in [-0.3, -0.25) is 0 Å². The molecule has 3 heteroatoms. The second-order valence-electron chi connectivity index (χ2n) is 8.49. The molecule has 3 aromatic carbocycles. The predicted octanol–water partition coefficient (Wildman–Crippen LogP) is 5.59. The van der Waals surface area contributed by atoms with E-state index in [4.69, 9.17) is 9.72 Å². The molecule has 4 aromatic rings. The lowest BCUT2D eigenvalue weighted by atomic mass is 9.87. The molecule has 2 heterocycles. The number of fused-ring (bicyclic) bond motifs is 3. The fourth-order valence-corrected chi connectivity index (χ4v) is 4.08. The first-order chi connectivity index (χ1) is 12.8. The van der Waals surface area contributed by atoms with Crippen LogP contribution in [-0.4, -0.2) is 4.98 Å². The van der Waals surface area contributed by atoms with Gasteiger partial charge in [-0.1, -0.05) is 51.1 Å². The summed E-state index contributed by atoms with van der Waals surface area (Å²) in [6, 6.07) is 17.1. The standard InChI is InChI=1S/C24H23N2O/c1-14-9-10-15-7-6-8-19-21(15)20(14)22-23(27-19)25-17-13-16(24(2,3)4)11-12-18(17)26(22)5/h6-13H,1-5H3/q+1. The van der Waals surface area contributed by atoms with E-state index in [1.807, 2.05) is 12.1 Å². The molecule has 0 N–H and O–H groups in total. The molecule has 1 aromatic heterocycles. The third kappa shape index (κ3) is 2.27. The van der Waals surface area contributed by atoms with Crippen molar-refractivity contribution in [1.82, 2.24) is 4.98 Å². The van der Waals surface area contributed by atoms with Gasteiger partial charge in [-0.25, -0.2) is 4.98 Å². The topological polar surface area (TPSA) is 26.0 Å². The molecule has 0 atom stereocenters. The van der Waals surface area contributed by atoms with Crippen LogP contribution in [0, 0.1) is 6.92 Å². The molecular weight excluding hydrogens is 332 g/mol. The van der Waals surface area contributed by atoms with Gasteiger partial charge in [-0.2, -0.15) is 4.57 Å². The third-order valence-electron chi connectivity index (χ3n) is 5.62. The minimum atomic E-state index is 0.0833. The Morgan fingerprint density at radius 2 is 1.81 bits per heavy atom. The number of rotatable bonds is 0. The second-order valence-corrected chi connectivity index (χ2v) is 8.49. The zero-order valence-corrected chi connectivity index (χ0v) is 16.4. The molecule has 1 aliphatic rings. The van der Waals surface area contributed by atoms with Crippen molar-refractivity contribution in [2.75, 3.05) is 0 Å². The smallest absolute Gasteiger partial charge is 0.294 e. The average Bonchev–Trinajstić information content (AvgIpc) is 2.63. The lowest BCUT2D eigenvalue weighted by Crippen LogP contribution is -2.34. The number of aromatic nitrogens is 2. The predicted molar refractivity (Wildman–Crippen MR) is 109 cm³/mol. The molecule has 0 bridgehead atoms. The van der Waals surface area contributed by atoms with Gasteiger partial charge in [0, 0.05) is 11.5 Å². The van der Waals surface area contributed by atoms with Gasteiger partial charge in [0.2, 0.25) is 5.52 Å². The molecule has 0 saturated heterocycles. The highest BCUT2D eigenvalue weighted by Crippen LogP contribution is 2.45. The van der Waals surface area contributed by atoms with Crippen molar-refractivity contribution in [2.45, 2.75) is 33.1 Å². The van der Waals surface area contributed by atoms with Crippen molar-refractivity contribution >= 4 is 21.8 Å². The fraction of sp³-hybridized carbons (Fsp3) is 0.250. The van der Waals surface area contributed by atoms with Crippen LogP contribution in [-0.2, 0) is 12.5 Å². The van der Waals surface area contributed by atoms with Gasteiger partial charge in [-0.05, 0) is 41.0 Å². The molecule has 0 aliphatic carbocycles. The van der Waals surface area contributed by atoms with Crippen LogP contribution in [0.2, 0.25) is 0 Å². The third-order valence-corrected chi connectivity index (χ3v) is 5.62. The van der Waals surface area contributed by atoms with E-state index < -0.39 is 0 Å². The SMILES string of the molecule is Cc1ccc2cccc3c2c1-c1c(nc2cc(C(C)(C)C)ccc2[n+]1C)O3. The zero-order chi connectivity index (χ0) is 18.9. The van der Waals surface area contributed by atoms with Crippen LogP contribution in [0.15, 0.2) is 48.5 Å².